The van der Waals surface area contributed by atoms with Crippen LogP contribution in [0.15, 0.2) is 28.7 Å². The summed E-state index contributed by atoms with van der Waals surface area (Å²) >= 11 is 3.57. The van der Waals surface area contributed by atoms with Gasteiger partial charge >= 0.3 is 0 Å². The molecule has 1 aromatic heterocycles. The number of aliphatic hydroxyl groups is 1. The molecule has 0 spiro atoms. The zero-order chi connectivity index (χ0) is 14.0. The molecule has 0 saturated carbocycles. The second-order valence-corrected chi connectivity index (χ2v) is 5.53. The summed E-state index contributed by atoms with van der Waals surface area (Å²) in [6.45, 7) is 6.86. The number of halogens is 1. The molecular formula is C15H19BrN2O. The molecule has 1 N–H and O–H groups in total. The van der Waals surface area contributed by atoms with Gasteiger partial charge in [0.2, 0.25) is 0 Å². The maximum Gasteiger partial charge on any atom is 0.0848 e. The van der Waals surface area contributed by atoms with E-state index in [0.717, 1.165) is 33.5 Å². The van der Waals surface area contributed by atoms with Crippen LogP contribution in [-0.2, 0) is 13.0 Å². The molecule has 0 saturated heterocycles. The Morgan fingerprint density at radius 3 is 2.63 bits per heavy atom. The van der Waals surface area contributed by atoms with E-state index in [2.05, 4.69) is 28.0 Å². The van der Waals surface area contributed by atoms with Crippen LogP contribution in [0.1, 0.15) is 35.5 Å². The number of aromatic nitrogens is 2. The van der Waals surface area contributed by atoms with Crippen LogP contribution >= 0.6 is 15.9 Å². The Balaban J connectivity index is 2.29. The van der Waals surface area contributed by atoms with Crippen molar-refractivity contribution in [1.29, 1.82) is 0 Å². The number of nitrogens with zero attached hydrogens (tertiary/aromatic N) is 2. The summed E-state index contributed by atoms with van der Waals surface area (Å²) in [5.74, 6) is 0. The molecule has 0 aliphatic heterocycles. The summed E-state index contributed by atoms with van der Waals surface area (Å²) in [5.41, 5.74) is 4.12. The van der Waals surface area contributed by atoms with E-state index < -0.39 is 6.10 Å². The monoisotopic (exact) mass is 322 g/mol. The SMILES string of the molecule is CCn1nc(C)c(Br)c1CC(O)c1ccccc1C. The Morgan fingerprint density at radius 2 is 2.00 bits per heavy atom. The molecule has 1 heterocycles. The van der Waals surface area contributed by atoms with Crippen LogP contribution in [0.5, 0.6) is 0 Å². The lowest BCUT2D eigenvalue weighted by molar-refractivity contribution is 0.174. The first-order chi connectivity index (χ1) is 9.04. The molecule has 2 aromatic rings. The Bertz CT molecular complexity index is 578. The Hall–Kier alpha value is -1.13. The Labute approximate surface area is 122 Å². The number of rotatable bonds is 4. The van der Waals surface area contributed by atoms with Crippen LogP contribution in [0.2, 0.25) is 0 Å². The second-order valence-electron chi connectivity index (χ2n) is 4.74. The normalized spacial score (nSPS) is 12.7. The highest BCUT2D eigenvalue weighted by Crippen LogP contribution is 2.27. The van der Waals surface area contributed by atoms with Crippen LogP contribution in [-0.4, -0.2) is 14.9 Å². The molecule has 0 amide bonds. The molecule has 1 unspecified atom stereocenters. The number of hydrogen-bond acceptors (Lipinski definition) is 2. The molecule has 3 nitrogen and oxygen atoms in total. The van der Waals surface area contributed by atoms with Crippen molar-refractivity contribution in [2.45, 2.75) is 39.8 Å². The Morgan fingerprint density at radius 1 is 1.32 bits per heavy atom. The summed E-state index contributed by atoms with van der Waals surface area (Å²) in [6, 6.07) is 7.95. The van der Waals surface area contributed by atoms with E-state index in [-0.39, 0.29) is 0 Å². The molecule has 0 bridgehead atoms. The number of aliphatic hydroxyl groups excluding tert-OH is 1. The third-order valence-electron chi connectivity index (χ3n) is 3.39. The first-order valence-electron chi connectivity index (χ1n) is 6.50. The molecule has 4 heteroatoms. The molecule has 19 heavy (non-hydrogen) atoms. The van der Waals surface area contributed by atoms with Crippen LogP contribution in [0, 0.1) is 13.8 Å². The predicted molar refractivity (Wildman–Crippen MR) is 80.2 cm³/mol. The van der Waals surface area contributed by atoms with Gasteiger partial charge in [-0.25, -0.2) is 0 Å². The average molecular weight is 323 g/mol. The van der Waals surface area contributed by atoms with Crippen LogP contribution in [0.3, 0.4) is 0 Å². The van der Waals surface area contributed by atoms with Crippen molar-refractivity contribution in [3.63, 3.8) is 0 Å². The third-order valence-corrected chi connectivity index (χ3v) is 4.42. The fourth-order valence-electron chi connectivity index (χ4n) is 2.32. The lowest BCUT2D eigenvalue weighted by atomic mass is 10.00. The molecule has 0 aliphatic carbocycles. The minimum atomic E-state index is -0.501. The van der Waals surface area contributed by atoms with Gasteiger partial charge in [-0.15, -0.1) is 0 Å². The van der Waals surface area contributed by atoms with Gasteiger partial charge in [-0.1, -0.05) is 24.3 Å². The maximum atomic E-state index is 10.4. The van der Waals surface area contributed by atoms with Crippen LogP contribution in [0.4, 0.5) is 0 Å². The van der Waals surface area contributed by atoms with Gasteiger partial charge < -0.3 is 5.11 Å². The number of benzene rings is 1. The minimum absolute atomic E-state index is 0.501. The molecule has 0 radical (unpaired) electrons. The third kappa shape index (κ3) is 2.90. The van der Waals surface area contributed by atoms with Crippen molar-refractivity contribution in [3.05, 3.63) is 51.3 Å². The standard InChI is InChI=1S/C15H19BrN2O/c1-4-18-13(15(16)11(3)17-18)9-14(19)12-8-6-5-7-10(12)2/h5-8,14,19H,4,9H2,1-3H3. The van der Waals surface area contributed by atoms with Gasteiger partial charge in [0.15, 0.2) is 0 Å². The molecule has 1 atom stereocenters. The van der Waals surface area contributed by atoms with E-state index >= 15 is 0 Å². The average Bonchev–Trinajstić information content (AvgIpc) is 2.67. The zero-order valence-corrected chi connectivity index (χ0v) is 13.1. The van der Waals surface area contributed by atoms with Crippen molar-refractivity contribution in [2.75, 3.05) is 0 Å². The summed E-state index contributed by atoms with van der Waals surface area (Å²) in [7, 11) is 0. The van der Waals surface area contributed by atoms with E-state index in [0.29, 0.717) is 6.42 Å². The highest BCUT2D eigenvalue weighted by atomic mass is 79.9. The Kier molecular flexibility index (Phi) is 4.42. The van der Waals surface area contributed by atoms with Gasteiger partial charge in [-0.3, -0.25) is 4.68 Å². The predicted octanol–water partition coefficient (Wildman–Crippen LogP) is 3.56. The van der Waals surface area contributed by atoms with Gasteiger partial charge in [0.1, 0.15) is 0 Å². The first kappa shape index (κ1) is 14.3. The molecule has 2 rings (SSSR count). The minimum Gasteiger partial charge on any atom is -0.388 e. The maximum absolute atomic E-state index is 10.4. The fourth-order valence-corrected chi connectivity index (χ4v) is 2.76. The summed E-state index contributed by atoms with van der Waals surface area (Å²) in [6.07, 6.45) is 0.0685. The quantitative estimate of drug-likeness (QED) is 0.934. The smallest absolute Gasteiger partial charge is 0.0848 e. The number of hydrogen-bond donors (Lipinski definition) is 1. The molecular weight excluding hydrogens is 304 g/mol. The van der Waals surface area contributed by atoms with Crippen molar-refractivity contribution >= 4 is 15.9 Å². The van der Waals surface area contributed by atoms with Gasteiger partial charge in [-0.05, 0) is 47.8 Å². The molecule has 102 valence electrons. The van der Waals surface area contributed by atoms with Gasteiger partial charge in [0, 0.05) is 13.0 Å². The highest BCUT2D eigenvalue weighted by Gasteiger charge is 2.18. The van der Waals surface area contributed by atoms with E-state index in [1.54, 1.807) is 0 Å². The molecule has 0 fully saturated rings. The van der Waals surface area contributed by atoms with Crippen molar-refractivity contribution in [1.82, 2.24) is 9.78 Å². The van der Waals surface area contributed by atoms with Crippen LogP contribution in [0.25, 0.3) is 0 Å². The zero-order valence-electron chi connectivity index (χ0n) is 11.5. The molecule has 1 aromatic carbocycles. The highest BCUT2D eigenvalue weighted by molar-refractivity contribution is 9.10. The lowest BCUT2D eigenvalue weighted by Gasteiger charge is -2.14. The van der Waals surface area contributed by atoms with E-state index in [1.165, 1.54) is 0 Å². The largest absolute Gasteiger partial charge is 0.388 e. The summed E-state index contributed by atoms with van der Waals surface area (Å²) in [5, 5.41) is 14.9. The first-order valence-corrected chi connectivity index (χ1v) is 7.29. The van der Waals surface area contributed by atoms with Gasteiger partial charge in [0.05, 0.1) is 22.0 Å². The van der Waals surface area contributed by atoms with Crippen molar-refractivity contribution in [2.24, 2.45) is 0 Å². The van der Waals surface area contributed by atoms with Crippen molar-refractivity contribution < 1.29 is 5.11 Å². The van der Waals surface area contributed by atoms with Crippen molar-refractivity contribution in [3.8, 4) is 0 Å². The summed E-state index contributed by atoms with van der Waals surface area (Å²) in [4.78, 5) is 0. The summed E-state index contributed by atoms with van der Waals surface area (Å²) < 4.78 is 2.95. The fraction of sp³-hybridized carbons (Fsp3) is 0.400. The van der Waals surface area contributed by atoms with Crippen LogP contribution < -0.4 is 0 Å². The second kappa shape index (κ2) is 5.88. The molecule has 0 aliphatic rings. The van der Waals surface area contributed by atoms with E-state index in [9.17, 15) is 5.11 Å². The van der Waals surface area contributed by atoms with E-state index in [4.69, 9.17) is 0 Å². The topological polar surface area (TPSA) is 38.0 Å². The van der Waals surface area contributed by atoms with Gasteiger partial charge in [-0.2, -0.15) is 5.10 Å². The van der Waals surface area contributed by atoms with E-state index in [1.807, 2.05) is 42.8 Å². The lowest BCUT2D eigenvalue weighted by Crippen LogP contribution is -2.09. The number of aryl methyl sites for hydroxylation is 3. The van der Waals surface area contributed by atoms with Gasteiger partial charge in [0.25, 0.3) is 0 Å².